The molecule has 0 spiro atoms. The third-order valence-electron chi connectivity index (χ3n) is 1.70. The van der Waals surface area contributed by atoms with Crippen molar-refractivity contribution in [3.05, 3.63) is 36.8 Å². The summed E-state index contributed by atoms with van der Waals surface area (Å²) in [6, 6.07) is 5.80. The van der Waals surface area contributed by atoms with Crippen LogP contribution in [0.1, 0.15) is 12.7 Å². The monoisotopic (exact) mass is 159 g/mol. The van der Waals surface area contributed by atoms with Crippen LogP contribution in [0.5, 0.6) is 0 Å². The Balaban J connectivity index is 2.79. The Morgan fingerprint density at radius 2 is 2.25 bits per heavy atom. The molecule has 0 N–H and O–H groups in total. The Hall–Kier alpha value is -1.64. The van der Waals surface area contributed by atoms with Gasteiger partial charge in [0.15, 0.2) is 11.5 Å². The quantitative estimate of drug-likeness (QED) is 0.634. The van der Waals surface area contributed by atoms with Crippen LogP contribution in [0, 0.1) is 0 Å². The minimum absolute atomic E-state index is 0.825. The molecular weight excluding hydrogens is 150 g/mol. The van der Waals surface area contributed by atoms with E-state index in [-0.39, 0.29) is 0 Å². The molecule has 2 aromatic rings. The van der Waals surface area contributed by atoms with E-state index in [2.05, 4.69) is 16.8 Å². The van der Waals surface area contributed by atoms with Gasteiger partial charge in [-0.15, -0.1) is 10.2 Å². The molecule has 3 heteroatoms. The summed E-state index contributed by atoms with van der Waals surface area (Å²) in [6.45, 7) is 5.74. The fraction of sp³-hybridized carbons (Fsp3) is 0.111. The summed E-state index contributed by atoms with van der Waals surface area (Å²) < 4.78 is 1.92. The fourth-order valence-electron chi connectivity index (χ4n) is 1.13. The number of aromatic nitrogens is 3. The number of pyridine rings is 1. The molecule has 0 radical (unpaired) electrons. The van der Waals surface area contributed by atoms with Crippen molar-refractivity contribution in [1.82, 2.24) is 14.6 Å². The highest BCUT2D eigenvalue weighted by molar-refractivity contribution is 5.57. The minimum Gasteiger partial charge on any atom is -0.283 e. The zero-order chi connectivity index (χ0) is 8.55. The van der Waals surface area contributed by atoms with Gasteiger partial charge in [0.2, 0.25) is 0 Å². The minimum atomic E-state index is 0.825. The molecule has 2 aromatic heterocycles. The van der Waals surface area contributed by atoms with Gasteiger partial charge in [-0.3, -0.25) is 4.40 Å². The van der Waals surface area contributed by atoms with Crippen LogP contribution in [0.3, 0.4) is 0 Å². The molecule has 0 saturated carbocycles. The van der Waals surface area contributed by atoms with Crippen LogP contribution < -0.4 is 0 Å². The number of allylic oxidation sites excluding steroid dienone is 1. The maximum absolute atomic E-state index is 4.01. The standard InChI is InChI=1S/C9H9N3/c1-7(2)9-11-10-8-5-3-4-6-12(8)9/h3-6H,1H2,2H3. The average molecular weight is 159 g/mol. The number of fused-ring (bicyclic) bond motifs is 1. The molecule has 0 amide bonds. The van der Waals surface area contributed by atoms with Gasteiger partial charge in [-0.25, -0.2) is 0 Å². The lowest BCUT2D eigenvalue weighted by molar-refractivity contribution is 1.06. The first-order chi connectivity index (χ1) is 5.79. The van der Waals surface area contributed by atoms with Gasteiger partial charge >= 0.3 is 0 Å². The predicted octanol–water partition coefficient (Wildman–Crippen LogP) is 1.76. The van der Waals surface area contributed by atoms with Crippen molar-refractivity contribution in [3.63, 3.8) is 0 Å². The smallest absolute Gasteiger partial charge is 0.163 e. The van der Waals surface area contributed by atoms with E-state index in [4.69, 9.17) is 0 Å². The Kier molecular flexibility index (Phi) is 1.43. The van der Waals surface area contributed by atoms with Gasteiger partial charge in [0.05, 0.1) is 0 Å². The fourth-order valence-corrected chi connectivity index (χ4v) is 1.13. The summed E-state index contributed by atoms with van der Waals surface area (Å²) in [5.41, 5.74) is 1.78. The van der Waals surface area contributed by atoms with E-state index in [1.54, 1.807) is 0 Å². The van der Waals surface area contributed by atoms with Crippen molar-refractivity contribution in [1.29, 1.82) is 0 Å². The number of rotatable bonds is 1. The molecule has 0 atom stereocenters. The van der Waals surface area contributed by atoms with E-state index in [1.807, 2.05) is 35.7 Å². The summed E-state index contributed by atoms with van der Waals surface area (Å²) >= 11 is 0. The molecule has 2 rings (SSSR count). The molecule has 0 unspecified atom stereocenters. The molecule has 0 aromatic carbocycles. The van der Waals surface area contributed by atoms with Gasteiger partial charge in [-0.2, -0.15) is 0 Å². The highest BCUT2D eigenvalue weighted by Crippen LogP contribution is 2.09. The van der Waals surface area contributed by atoms with E-state index >= 15 is 0 Å². The zero-order valence-electron chi connectivity index (χ0n) is 6.86. The van der Waals surface area contributed by atoms with Crippen molar-refractivity contribution in [2.24, 2.45) is 0 Å². The zero-order valence-corrected chi connectivity index (χ0v) is 6.86. The summed E-state index contributed by atoms with van der Waals surface area (Å²) in [5, 5.41) is 8.00. The highest BCUT2D eigenvalue weighted by Gasteiger charge is 2.02. The van der Waals surface area contributed by atoms with Crippen LogP contribution in [0.25, 0.3) is 11.2 Å². The van der Waals surface area contributed by atoms with E-state index in [0.29, 0.717) is 0 Å². The third-order valence-corrected chi connectivity index (χ3v) is 1.70. The van der Waals surface area contributed by atoms with Crippen LogP contribution in [-0.2, 0) is 0 Å². The van der Waals surface area contributed by atoms with E-state index in [9.17, 15) is 0 Å². The molecule has 0 aliphatic carbocycles. The first-order valence-electron chi connectivity index (χ1n) is 3.74. The molecule has 0 saturated heterocycles. The van der Waals surface area contributed by atoms with Crippen molar-refractivity contribution in [2.75, 3.05) is 0 Å². The Bertz CT molecular complexity index is 428. The van der Waals surface area contributed by atoms with Crippen molar-refractivity contribution >= 4 is 11.2 Å². The van der Waals surface area contributed by atoms with Crippen molar-refractivity contribution in [3.8, 4) is 0 Å². The number of hydrogen-bond donors (Lipinski definition) is 0. The Morgan fingerprint density at radius 3 is 3.00 bits per heavy atom. The maximum Gasteiger partial charge on any atom is 0.163 e. The Morgan fingerprint density at radius 1 is 1.42 bits per heavy atom. The van der Waals surface area contributed by atoms with Crippen LogP contribution in [0.4, 0.5) is 0 Å². The molecule has 12 heavy (non-hydrogen) atoms. The largest absolute Gasteiger partial charge is 0.283 e. The average Bonchev–Trinajstić information content (AvgIpc) is 2.47. The lowest BCUT2D eigenvalue weighted by Crippen LogP contribution is -1.89. The van der Waals surface area contributed by atoms with Crippen molar-refractivity contribution in [2.45, 2.75) is 6.92 Å². The van der Waals surface area contributed by atoms with Gasteiger partial charge in [-0.1, -0.05) is 12.6 Å². The van der Waals surface area contributed by atoms with Crippen LogP contribution in [-0.4, -0.2) is 14.6 Å². The number of hydrogen-bond acceptors (Lipinski definition) is 2. The van der Waals surface area contributed by atoms with Crippen LogP contribution in [0.2, 0.25) is 0 Å². The van der Waals surface area contributed by atoms with Gasteiger partial charge in [-0.05, 0) is 24.6 Å². The summed E-state index contributed by atoms with van der Waals surface area (Å²) in [6.07, 6.45) is 1.93. The second-order valence-corrected chi connectivity index (χ2v) is 2.73. The van der Waals surface area contributed by atoms with Gasteiger partial charge in [0.1, 0.15) is 0 Å². The van der Waals surface area contributed by atoms with E-state index in [1.165, 1.54) is 0 Å². The SMILES string of the molecule is C=C(C)c1nnc2ccccn12. The van der Waals surface area contributed by atoms with Crippen LogP contribution in [0.15, 0.2) is 31.0 Å². The van der Waals surface area contributed by atoms with Gasteiger partial charge in [0, 0.05) is 6.20 Å². The molecule has 0 fully saturated rings. The summed E-state index contributed by atoms with van der Waals surface area (Å²) in [4.78, 5) is 0. The molecule has 3 nitrogen and oxygen atoms in total. The molecule has 0 aliphatic heterocycles. The predicted molar refractivity (Wildman–Crippen MR) is 47.7 cm³/mol. The highest BCUT2D eigenvalue weighted by atomic mass is 15.2. The normalized spacial score (nSPS) is 10.4. The van der Waals surface area contributed by atoms with Crippen LogP contribution >= 0.6 is 0 Å². The second kappa shape index (κ2) is 2.44. The summed E-state index contributed by atoms with van der Waals surface area (Å²) in [7, 11) is 0. The third kappa shape index (κ3) is 0.906. The number of nitrogens with zero attached hydrogens (tertiary/aromatic N) is 3. The first kappa shape index (κ1) is 7.03. The second-order valence-electron chi connectivity index (χ2n) is 2.73. The molecule has 0 bridgehead atoms. The molecule has 60 valence electrons. The first-order valence-corrected chi connectivity index (χ1v) is 3.74. The van der Waals surface area contributed by atoms with E-state index < -0.39 is 0 Å². The maximum atomic E-state index is 4.01. The topological polar surface area (TPSA) is 30.2 Å². The van der Waals surface area contributed by atoms with Gasteiger partial charge < -0.3 is 0 Å². The molecule has 2 heterocycles. The van der Waals surface area contributed by atoms with Crippen molar-refractivity contribution < 1.29 is 0 Å². The lowest BCUT2D eigenvalue weighted by Gasteiger charge is -1.95. The summed E-state index contributed by atoms with van der Waals surface area (Å²) in [5.74, 6) is 0.825. The Labute approximate surface area is 70.4 Å². The van der Waals surface area contributed by atoms with Gasteiger partial charge in [0.25, 0.3) is 0 Å². The lowest BCUT2D eigenvalue weighted by atomic mass is 10.3. The molecule has 0 aliphatic rings. The van der Waals surface area contributed by atoms with E-state index in [0.717, 1.165) is 17.0 Å². The molecular formula is C9H9N3.